The highest BCUT2D eigenvalue weighted by atomic mass is 16.5. The first-order valence-corrected chi connectivity index (χ1v) is 5.84. The van der Waals surface area contributed by atoms with Crippen molar-refractivity contribution < 1.29 is 19.4 Å². The van der Waals surface area contributed by atoms with Crippen LogP contribution in [0.15, 0.2) is 18.2 Å². The number of carbonyl (C=O) groups is 2. The molecule has 2 rings (SSSR count). The third-order valence-electron chi connectivity index (χ3n) is 2.95. The standard InChI is InChI=1S/C13H15NO4/c1-8-7-9(13(16)17)4-5-10(8)14-12(15)11-3-2-6-18-11/h4-5,7,11H,2-3,6H2,1H3,(H,14,15)(H,16,17). The highest BCUT2D eigenvalue weighted by Gasteiger charge is 2.23. The molecule has 1 aromatic carbocycles. The number of hydrogen-bond donors (Lipinski definition) is 2. The summed E-state index contributed by atoms with van der Waals surface area (Å²) in [4.78, 5) is 22.6. The first kappa shape index (κ1) is 12.6. The Hall–Kier alpha value is -1.88. The number of carboxylic acids is 1. The van der Waals surface area contributed by atoms with E-state index in [1.54, 1.807) is 13.0 Å². The zero-order valence-electron chi connectivity index (χ0n) is 10.1. The molecular formula is C13H15NO4. The summed E-state index contributed by atoms with van der Waals surface area (Å²) < 4.78 is 5.28. The van der Waals surface area contributed by atoms with Gasteiger partial charge in [0.05, 0.1) is 5.56 Å². The van der Waals surface area contributed by atoms with E-state index in [1.165, 1.54) is 12.1 Å². The largest absolute Gasteiger partial charge is 0.478 e. The maximum atomic E-state index is 11.8. The lowest BCUT2D eigenvalue weighted by molar-refractivity contribution is -0.124. The van der Waals surface area contributed by atoms with Gasteiger partial charge in [-0.05, 0) is 43.5 Å². The van der Waals surface area contributed by atoms with Crippen molar-refractivity contribution in [3.8, 4) is 0 Å². The van der Waals surface area contributed by atoms with Crippen LogP contribution in [0.2, 0.25) is 0 Å². The van der Waals surface area contributed by atoms with E-state index in [1.807, 2.05) is 0 Å². The number of hydrogen-bond acceptors (Lipinski definition) is 3. The number of rotatable bonds is 3. The Morgan fingerprint density at radius 2 is 2.22 bits per heavy atom. The van der Waals surface area contributed by atoms with Gasteiger partial charge in [0.2, 0.25) is 0 Å². The highest BCUT2D eigenvalue weighted by molar-refractivity contribution is 5.96. The molecule has 1 aliphatic heterocycles. The Balaban J connectivity index is 2.09. The fraction of sp³-hybridized carbons (Fsp3) is 0.385. The fourth-order valence-electron chi connectivity index (χ4n) is 1.93. The summed E-state index contributed by atoms with van der Waals surface area (Å²) in [6, 6.07) is 4.61. The minimum absolute atomic E-state index is 0.168. The van der Waals surface area contributed by atoms with Gasteiger partial charge in [-0.2, -0.15) is 0 Å². The average Bonchev–Trinajstić information content (AvgIpc) is 2.85. The third-order valence-corrected chi connectivity index (χ3v) is 2.95. The molecule has 1 atom stereocenters. The summed E-state index contributed by atoms with van der Waals surface area (Å²) in [5.74, 6) is -1.14. The van der Waals surface area contributed by atoms with Crippen molar-refractivity contribution in [1.82, 2.24) is 0 Å². The van der Waals surface area contributed by atoms with E-state index < -0.39 is 5.97 Å². The van der Waals surface area contributed by atoms with E-state index in [2.05, 4.69) is 5.32 Å². The van der Waals surface area contributed by atoms with Crippen molar-refractivity contribution in [3.05, 3.63) is 29.3 Å². The van der Waals surface area contributed by atoms with Crippen LogP contribution in [0.5, 0.6) is 0 Å². The van der Waals surface area contributed by atoms with Crippen LogP contribution in [-0.2, 0) is 9.53 Å². The first-order chi connectivity index (χ1) is 8.58. The lowest BCUT2D eigenvalue weighted by Gasteiger charge is -2.12. The van der Waals surface area contributed by atoms with Crippen LogP contribution in [0.4, 0.5) is 5.69 Å². The van der Waals surface area contributed by atoms with Crippen molar-refractivity contribution in [3.63, 3.8) is 0 Å². The minimum Gasteiger partial charge on any atom is -0.478 e. The van der Waals surface area contributed by atoms with E-state index in [0.29, 0.717) is 12.3 Å². The van der Waals surface area contributed by atoms with Crippen LogP contribution >= 0.6 is 0 Å². The molecule has 0 saturated carbocycles. The van der Waals surface area contributed by atoms with Gasteiger partial charge in [0, 0.05) is 12.3 Å². The highest BCUT2D eigenvalue weighted by Crippen LogP contribution is 2.19. The molecule has 5 heteroatoms. The fourth-order valence-corrected chi connectivity index (χ4v) is 1.93. The molecule has 2 N–H and O–H groups in total. The van der Waals surface area contributed by atoms with Crippen molar-refractivity contribution in [1.29, 1.82) is 0 Å². The van der Waals surface area contributed by atoms with Crippen molar-refractivity contribution in [2.24, 2.45) is 0 Å². The Kier molecular flexibility index (Phi) is 3.62. The number of aromatic carboxylic acids is 1. The Morgan fingerprint density at radius 1 is 1.44 bits per heavy atom. The summed E-state index contributed by atoms with van der Waals surface area (Å²) in [5.41, 5.74) is 1.56. The van der Waals surface area contributed by atoms with Gasteiger partial charge in [0.25, 0.3) is 5.91 Å². The molecule has 0 radical (unpaired) electrons. The van der Waals surface area contributed by atoms with Crippen LogP contribution in [0.1, 0.15) is 28.8 Å². The molecule has 0 spiro atoms. The zero-order valence-corrected chi connectivity index (χ0v) is 10.1. The number of ether oxygens (including phenoxy) is 1. The molecule has 1 saturated heterocycles. The molecule has 0 bridgehead atoms. The summed E-state index contributed by atoms with van der Waals surface area (Å²) in [7, 11) is 0. The number of aryl methyl sites for hydroxylation is 1. The molecule has 1 heterocycles. The lowest BCUT2D eigenvalue weighted by Crippen LogP contribution is -2.27. The van der Waals surface area contributed by atoms with E-state index >= 15 is 0 Å². The van der Waals surface area contributed by atoms with Gasteiger partial charge >= 0.3 is 5.97 Å². The second kappa shape index (κ2) is 5.18. The molecule has 0 aromatic heterocycles. The molecule has 0 aliphatic carbocycles. The number of carbonyl (C=O) groups excluding carboxylic acids is 1. The van der Waals surface area contributed by atoms with Gasteiger partial charge in [-0.1, -0.05) is 0 Å². The average molecular weight is 249 g/mol. The molecular weight excluding hydrogens is 234 g/mol. The quantitative estimate of drug-likeness (QED) is 0.856. The SMILES string of the molecule is Cc1cc(C(=O)O)ccc1NC(=O)C1CCCO1. The summed E-state index contributed by atoms with van der Waals surface area (Å²) in [6.07, 6.45) is 1.25. The minimum atomic E-state index is -0.977. The summed E-state index contributed by atoms with van der Waals surface area (Å²) in [6.45, 7) is 2.38. The molecule has 96 valence electrons. The van der Waals surface area contributed by atoms with Gasteiger partial charge in [0.15, 0.2) is 0 Å². The monoisotopic (exact) mass is 249 g/mol. The first-order valence-electron chi connectivity index (χ1n) is 5.84. The van der Waals surface area contributed by atoms with Gasteiger partial charge in [-0.3, -0.25) is 4.79 Å². The van der Waals surface area contributed by atoms with Gasteiger partial charge < -0.3 is 15.2 Å². The maximum absolute atomic E-state index is 11.8. The normalized spacial score (nSPS) is 18.6. The van der Waals surface area contributed by atoms with Crippen molar-refractivity contribution >= 4 is 17.6 Å². The van der Waals surface area contributed by atoms with E-state index in [-0.39, 0.29) is 17.6 Å². The number of nitrogens with one attached hydrogen (secondary N) is 1. The summed E-state index contributed by atoms with van der Waals surface area (Å²) in [5, 5.41) is 11.6. The Bertz CT molecular complexity index is 478. The van der Waals surface area contributed by atoms with Crippen LogP contribution in [0.3, 0.4) is 0 Å². The predicted molar refractivity (Wildman–Crippen MR) is 65.7 cm³/mol. The van der Waals surface area contributed by atoms with Crippen LogP contribution in [0.25, 0.3) is 0 Å². The van der Waals surface area contributed by atoms with E-state index in [9.17, 15) is 9.59 Å². The van der Waals surface area contributed by atoms with Gasteiger partial charge in [-0.15, -0.1) is 0 Å². The number of benzene rings is 1. The van der Waals surface area contributed by atoms with Crippen LogP contribution in [0, 0.1) is 6.92 Å². The smallest absolute Gasteiger partial charge is 0.335 e. The number of anilines is 1. The second-order valence-corrected chi connectivity index (χ2v) is 4.33. The van der Waals surface area contributed by atoms with Gasteiger partial charge in [-0.25, -0.2) is 4.79 Å². The molecule has 5 nitrogen and oxygen atoms in total. The van der Waals surface area contributed by atoms with Crippen molar-refractivity contribution in [2.45, 2.75) is 25.9 Å². The molecule has 1 aromatic rings. The van der Waals surface area contributed by atoms with E-state index in [4.69, 9.17) is 9.84 Å². The molecule has 1 fully saturated rings. The molecule has 18 heavy (non-hydrogen) atoms. The Labute approximate surface area is 105 Å². The second-order valence-electron chi connectivity index (χ2n) is 4.33. The Morgan fingerprint density at radius 3 is 2.78 bits per heavy atom. The lowest BCUT2D eigenvalue weighted by atomic mass is 10.1. The molecule has 1 aliphatic rings. The molecule has 1 unspecified atom stereocenters. The number of carboxylic acid groups (broad SMARTS) is 1. The number of amides is 1. The predicted octanol–water partition coefficient (Wildman–Crippen LogP) is 1.81. The maximum Gasteiger partial charge on any atom is 0.335 e. The van der Waals surface area contributed by atoms with Gasteiger partial charge in [0.1, 0.15) is 6.10 Å². The van der Waals surface area contributed by atoms with E-state index in [0.717, 1.165) is 18.4 Å². The topological polar surface area (TPSA) is 75.6 Å². The summed E-state index contributed by atoms with van der Waals surface area (Å²) >= 11 is 0. The zero-order chi connectivity index (χ0) is 13.1. The third kappa shape index (κ3) is 2.68. The van der Waals surface area contributed by atoms with Crippen LogP contribution in [-0.4, -0.2) is 29.7 Å². The molecule has 1 amide bonds. The van der Waals surface area contributed by atoms with Crippen LogP contribution < -0.4 is 5.32 Å². The van der Waals surface area contributed by atoms with Crippen molar-refractivity contribution in [2.75, 3.05) is 11.9 Å².